The second kappa shape index (κ2) is 5.78. The van der Waals surface area contributed by atoms with Crippen molar-refractivity contribution in [2.45, 2.75) is 5.92 Å². The standard InChI is InChI=1S/C13H10F3N3O2/c14-7-3-8(15)10(9(16)4-7)11-12(20)6(1-2-19-17)5-18-13(11)21/h1-4,11H,5,17H2,(H,18,21)/b6-1+,19-2-. The number of Topliss-reactive ketones (excluding diaryl/α,β-unsaturated/α-hetero) is 1. The van der Waals surface area contributed by atoms with Crippen LogP contribution in [0.2, 0.25) is 0 Å². The quantitative estimate of drug-likeness (QED) is 0.278. The molecule has 1 aromatic carbocycles. The van der Waals surface area contributed by atoms with Crippen LogP contribution in [0.5, 0.6) is 0 Å². The Morgan fingerprint density at radius 2 is 1.86 bits per heavy atom. The Kier molecular flexibility index (Phi) is 4.06. The molecule has 3 N–H and O–H groups in total. The van der Waals surface area contributed by atoms with Crippen molar-refractivity contribution in [3.05, 3.63) is 46.8 Å². The topological polar surface area (TPSA) is 84.5 Å². The molecule has 21 heavy (non-hydrogen) atoms. The summed E-state index contributed by atoms with van der Waals surface area (Å²) in [5.41, 5.74) is -0.703. The Balaban J connectivity index is 2.51. The number of rotatable bonds is 2. The number of nitrogens with two attached hydrogens (primary N) is 1. The predicted molar refractivity (Wildman–Crippen MR) is 67.8 cm³/mol. The number of hydrogen-bond acceptors (Lipinski definition) is 4. The molecule has 0 aliphatic carbocycles. The van der Waals surface area contributed by atoms with Crippen molar-refractivity contribution in [1.82, 2.24) is 5.32 Å². The molecule has 0 radical (unpaired) electrons. The van der Waals surface area contributed by atoms with Crippen molar-refractivity contribution < 1.29 is 22.8 Å². The zero-order valence-corrected chi connectivity index (χ0v) is 10.6. The summed E-state index contributed by atoms with van der Waals surface area (Å²) in [4.78, 5) is 23.9. The Morgan fingerprint density at radius 3 is 2.43 bits per heavy atom. The number of hydrazone groups is 1. The van der Waals surface area contributed by atoms with Crippen LogP contribution in [0.4, 0.5) is 13.2 Å². The lowest BCUT2D eigenvalue weighted by molar-refractivity contribution is -0.130. The minimum absolute atomic E-state index is 0.0805. The lowest BCUT2D eigenvalue weighted by Gasteiger charge is -2.23. The number of ketones is 1. The second-order valence-electron chi connectivity index (χ2n) is 4.29. The van der Waals surface area contributed by atoms with Gasteiger partial charge in [0.2, 0.25) is 5.91 Å². The lowest BCUT2D eigenvalue weighted by Crippen LogP contribution is -2.43. The summed E-state index contributed by atoms with van der Waals surface area (Å²) in [6.45, 7) is -0.107. The minimum atomic E-state index is -1.71. The highest BCUT2D eigenvalue weighted by molar-refractivity contribution is 6.17. The van der Waals surface area contributed by atoms with E-state index in [1.165, 1.54) is 6.08 Å². The molecule has 1 amide bonds. The molecule has 0 spiro atoms. The van der Waals surface area contributed by atoms with Crippen LogP contribution in [0.25, 0.3) is 0 Å². The van der Waals surface area contributed by atoms with Gasteiger partial charge in [-0.3, -0.25) is 9.59 Å². The third-order valence-corrected chi connectivity index (χ3v) is 2.99. The number of carbonyl (C=O) groups is 2. The molecule has 5 nitrogen and oxygen atoms in total. The predicted octanol–water partition coefficient (Wildman–Crippen LogP) is 0.757. The van der Waals surface area contributed by atoms with Crippen LogP contribution in [0.15, 0.2) is 28.9 Å². The maximum Gasteiger partial charge on any atom is 0.235 e. The molecule has 1 fully saturated rings. The summed E-state index contributed by atoms with van der Waals surface area (Å²) >= 11 is 0. The summed E-state index contributed by atoms with van der Waals surface area (Å²) in [5.74, 6) is -2.19. The number of nitrogens with zero attached hydrogens (tertiary/aromatic N) is 1. The van der Waals surface area contributed by atoms with Gasteiger partial charge in [-0.2, -0.15) is 5.10 Å². The zero-order chi connectivity index (χ0) is 15.6. The molecule has 110 valence electrons. The summed E-state index contributed by atoms with van der Waals surface area (Å²) in [6.07, 6.45) is 2.34. The highest BCUT2D eigenvalue weighted by atomic mass is 19.1. The number of nitrogens with one attached hydrogen (secondary N) is 1. The molecule has 0 saturated carbocycles. The molecule has 2 rings (SSSR count). The van der Waals surface area contributed by atoms with Crippen LogP contribution in [-0.2, 0) is 9.59 Å². The molecule has 1 atom stereocenters. The first-order chi connectivity index (χ1) is 9.95. The molecule has 0 aromatic heterocycles. The van der Waals surface area contributed by atoms with Gasteiger partial charge in [-0.05, 0) is 6.08 Å². The fourth-order valence-corrected chi connectivity index (χ4v) is 2.04. The van der Waals surface area contributed by atoms with E-state index in [2.05, 4.69) is 10.4 Å². The van der Waals surface area contributed by atoms with Gasteiger partial charge < -0.3 is 11.2 Å². The van der Waals surface area contributed by atoms with Crippen LogP contribution in [0.3, 0.4) is 0 Å². The van der Waals surface area contributed by atoms with Gasteiger partial charge in [0, 0.05) is 36.0 Å². The first kappa shape index (κ1) is 14.8. The minimum Gasteiger partial charge on any atom is -0.351 e. The Morgan fingerprint density at radius 1 is 1.24 bits per heavy atom. The molecule has 1 aromatic rings. The van der Waals surface area contributed by atoms with Gasteiger partial charge in [0.05, 0.1) is 0 Å². The van der Waals surface area contributed by atoms with Crippen LogP contribution in [0.1, 0.15) is 11.5 Å². The normalized spacial score (nSPS) is 21.1. The van der Waals surface area contributed by atoms with E-state index in [1.54, 1.807) is 0 Å². The Bertz CT molecular complexity index is 648. The van der Waals surface area contributed by atoms with E-state index in [0.717, 1.165) is 6.21 Å². The fraction of sp³-hybridized carbons (Fsp3) is 0.154. The van der Waals surface area contributed by atoms with Gasteiger partial charge in [-0.1, -0.05) is 0 Å². The largest absolute Gasteiger partial charge is 0.351 e. The number of amides is 1. The van der Waals surface area contributed by atoms with E-state index in [0.29, 0.717) is 12.1 Å². The Hall–Kier alpha value is -2.64. The van der Waals surface area contributed by atoms with Crippen LogP contribution < -0.4 is 11.2 Å². The summed E-state index contributed by atoms with van der Waals surface area (Å²) in [7, 11) is 0. The second-order valence-corrected chi connectivity index (χ2v) is 4.29. The number of allylic oxidation sites excluding steroid dienone is 1. The van der Waals surface area contributed by atoms with Gasteiger partial charge in [0.15, 0.2) is 5.78 Å². The molecule has 0 bridgehead atoms. The van der Waals surface area contributed by atoms with Crippen LogP contribution in [0, 0.1) is 17.5 Å². The van der Waals surface area contributed by atoms with Crippen LogP contribution >= 0.6 is 0 Å². The van der Waals surface area contributed by atoms with Gasteiger partial charge in [-0.25, -0.2) is 13.2 Å². The van der Waals surface area contributed by atoms with Gasteiger partial charge in [-0.15, -0.1) is 0 Å². The van der Waals surface area contributed by atoms with E-state index >= 15 is 0 Å². The third-order valence-electron chi connectivity index (χ3n) is 2.99. The number of hydrogen-bond donors (Lipinski definition) is 2. The summed E-state index contributed by atoms with van der Waals surface area (Å²) < 4.78 is 40.4. The SMILES string of the molecule is N/N=C\C=C1/CNC(=O)C(c2c(F)cc(F)cc2F)C1=O. The molecular weight excluding hydrogens is 287 g/mol. The monoisotopic (exact) mass is 297 g/mol. The maximum atomic E-state index is 13.7. The molecule has 1 unspecified atom stereocenters. The van der Waals surface area contributed by atoms with Crippen molar-refractivity contribution >= 4 is 17.9 Å². The van der Waals surface area contributed by atoms with E-state index in [-0.39, 0.29) is 12.1 Å². The number of benzene rings is 1. The van der Waals surface area contributed by atoms with E-state index in [9.17, 15) is 22.8 Å². The summed E-state index contributed by atoms with van der Waals surface area (Å²) in [5, 5.41) is 5.50. The van der Waals surface area contributed by atoms with Crippen molar-refractivity contribution in [1.29, 1.82) is 0 Å². The highest BCUT2D eigenvalue weighted by Crippen LogP contribution is 2.29. The van der Waals surface area contributed by atoms with E-state index < -0.39 is 40.6 Å². The Labute approximate surface area is 117 Å². The average molecular weight is 297 g/mol. The smallest absolute Gasteiger partial charge is 0.235 e. The number of carbonyl (C=O) groups excluding carboxylic acids is 2. The van der Waals surface area contributed by atoms with Crippen molar-refractivity contribution in [3.8, 4) is 0 Å². The van der Waals surface area contributed by atoms with Crippen LogP contribution in [-0.4, -0.2) is 24.4 Å². The van der Waals surface area contributed by atoms with Gasteiger partial charge in [0.1, 0.15) is 23.4 Å². The molecule has 1 heterocycles. The molecular formula is C13H10F3N3O2. The highest BCUT2D eigenvalue weighted by Gasteiger charge is 2.38. The average Bonchev–Trinajstić information content (AvgIpc) is 2.40. The molecule has 1 saturated heterocycles. The number of halogens is 3. The first-order valence-corrected chi connectivity index (χ1v) is 5.84. The van der Waals surface area contributed by atoms with E-state index in [1.807, 2.05) is 0 Å². The molecule has 1 aliphatic heterocycles. The maximum absolute atomic E-state index is 13.7. The third kappa shape index (κ3) is 2.78. The fourth-order valence-electron chi connectivity index (χ4n) is 2.04. The van der Waals surface area contributed by atoms with Gasteiger partial charge >= 0.3 is 0 Å². The zero-order valence-electron chi connectivity index (χ0n) is 10.6. The van der Waals surface area contributed by atoms with Gasteiger partial charge in [0.25, 0.3) is 0 Å². The first-order valence-electron chi connectivity index (χ1n) is 5.84. The van der Waals surface area contributed by atoms with Crippen molar-refractivity contribution in [3.63, 3.8) is 0 Å². The number of piperidine rings is 1. The van der Waals surface area contributed by atoms with Crippen molar-refractivity contribution in [2.24, 2.45) is 10.9 Å². The lowest BCUT2D eigenvalue weighted by atomic mass is 9.86. The van der Waals surface area contributed by atoms with E-state index in [4.69, 9.17) is 5.84 Å². The summed E-state index contributed by atoms with van der Waals surface area (Å²) in [6, 6.07) is 0.830. The van der Waals surface area contributed by atoms with Crippen molar-refractivity contribution in [2.75, 3.05) is 6.54 Å². The molecule has 8 heteroatoms. The molecule has 1 aliphatic rings.